The van der Waals surface area contributed by atoms with Gasteiger partial charge in [-0.2, -0.15) is 0 Å². The van der Waals surface area contributed by atoms with Gasteiger partial charge in [-0.05, 0) is 38.8 Å². The van der Waals surface area contributed by atoms with Crippen LogP contribution >= 0.6 is 11.6 Å². The zero-order valence-corrected chi connectivity index (χ0v) is 15.2. The van der Waals surface area contributed by atoms with Gasteiger partial charge in [-0.3, -0.25) is 9.59 Å². The molecule has 24 heavy (non-hydrogen) atoms. The van der Waals surface area contributed by atoms with Crippen molar-refractivity contribution in [3.05, 3.63) is 22.7 Å². The van der Waals surface area contributed by atoms with Crippen LogP contribution in [0.5, 0.6) is 11.5 Å². The Labute approximate surface area is 147 Å². The number of amides is 1. The van der Waals surface area contributed by atoms with Crippen LogP contribution in [0.15, 0.2) is 12.1 Å². The molecule has 0 aliphatic heterocycles. The van der Waals surface area contributed by atoms with Gasteiger partial charge in [0.05, 0.1) is 24.2 Å². The first kappa shape index (κ1) is 20.1. The standard InChI is InChI=1S/C17H24ClNO5/c1-5-8-24-14-12(18)9-11(10-13(14)23-4)15(20)19-7-6-17(2,3)16(21)22/h9-10H,5-8H2,1-4H3,(H,19,20)(H,21,22). The molecule has 0 saturated carbocycles. The normalized spacial score (nSPS) is 11.0. The molecule has 0 atom stereocenters. The number of halogens is 1. The highest BCUT2D eigenvalue weighted by Crippen LogP contribution is 2.36. The number of rotatable bonds is 9. The molecular formula is C17H24ClNO5. The van der Waals surface area contributed by atoms with Crippen molar-refractivity contribution in [2.75, 3.05) is 20.3 Å². The molecule has 0 radical (unpaired) electrons. The van der Waals surface area contributed by atoms with Crippen LogP contribution in [0.1, 0.15) is 44.0 Å². The van der Waals surface area contributed by atoms with Crippen LogP contribution in [-0.4, -0.2) is 37.2 Å². The maximum Gasteiger partial charge on any atom is 0.309 e. The van der Waals surface area contributed by atoms with Crippen molar-refractivity contribution >= 4 is 23.5 Å². The van der Waals surface area contributed by atoms with Gasteiger partial charge < -0.3 is 19.9 Å². The molecule has 7 heteroatoms. The Kier molecular flexibility index (Phi) is 7.35. The highest BCUT2D eigenvalue weighted by Gasteiger charge is 2.26. The molecule has 1 amide bonds. The number of benzene rings is 1. The molecule has 2 N–H and O–H groups in total. The van der Waals surface area contributed by atoms with E-state index in [2.05, 4.69) is 5.32 Å². The van der Waals surface area contributed by atoms with Crippen molar-refractivity contribution in [2.24, 2.45) is 5.41 Å². The third-order valence-electron chi connectivity index (χ3n) is 3.56. The minimum atomic E-state index is -0.904. The lowest BCUT2D eigenvalue weighted by atomic mass is 9.90. The Morgan fingerprint density at radius 2 is 2.00 bits per heavy atom. The van der Waals surface area contributed by atoms with Gasteiger partial charge in [-0.1, -0.05) is 18.5 Å². The number of carbonyl (C=O) groups excluding carboxylic acids is 1. The summed E-state index contributed by atoms with van der Waals surface area (Å²) in [6.45, 7) is 5.93. The fourth-order valence-electron chi connectivity index (χ4n) is 1.89. The summed E-state index contributed by atoms with van der Waals surface area (Å²) in [6, 6.07) is 3.06. The monoisotopic (exact) mass is 357 g/mol. The Morgan fingerprint density at radius 1 is 1.33 bits per heavy atom. The van der Waals surface area contributed by atoms with E-state index in [4.69, 9.17) is 26.2 Å². The summed E-state index contributed by atoms with van der Waals surface area (Å²) < 4.78 is 10.8. The number of carboxylic acid groups (broad SMARTS) is 1. The van der Waals surface area contributed by atoms with Gasteiger partial charge in [0.25, 0.3) is 5.91 Å². The molecular weight excluding hydrogens is 334 g/mol. The average molecular weight is 358 g/mol. The fraction of sp³-hybridized carbons (Fsp3) is 0.529. The van der Waals surface area contributed by atoms with E-state index in [-0.39, 0.29) is 12.5 Å². The third kappa shape index (κ3) is 5.30. The van der Waals surface area contributed by atoms with Gasteiger partial charge in [0.1, 0.15) is 0 Å². The molecule has 0 spiro atoms. The zero-order chi connectivity index (χ0) is 18.3. The van der Waals surface area contributed by atoms with Gasteiger partial charge >= 0.3 is 5.97 Å². The highest BCUT2D eigenvalue weighted by atomic mass is 35.5. The van der Waals surface area contributed by atoms with E-state index in [0.29, 0.717) is 35.1 Å². The molecule has 1 rings (SSSR count). The van der Waals surface area contributed by atoms with Crippen LogP contribution in [0, 0.1) is 5.41 Å². The number of hydrogen-bond acceptors (Lipinski definition) is 4. The molecule has 0 aliphatic rings. The molecule has 0 fully saturated rings. The van der Waals surface area contributed by atoms with E-state index in [1.807, 2.05) is 6.92 Å². The number of carboxylic acids is 1. The molecule has 0 heterocycles. The molecule has 0 bridgehead atoms. The molecule has 134 valence electrons. The smallest absolute Gasteiger partial charge is 0.309 e. The molecule has 0 unspecified atom stereocenters. The molecule has 6 nitrogen and oxygen atoms in total. The molecule has 0 aromatic heterocycles. The van der Waals surface area contributed by atoms with Crippen molar-refractivity contribution < 1.29 is 24.2 Å². The first-order valence-electron chi connectivity index (χ1n) is 7.74. The minimum absolute atomic E-state index is 0.242. The summed E-state index contributed by atoms with van der Waals surface area (Å²) in [6.07, 6.45) is 1.14. The average Bonchev–Trinajstić information content (AvgIpc) is 2.52. The predicted molar refractivity (Wildman–Crippen MR) is 92.2 cm³/mol. The van der Waals surface area contributed by atoms with Crippen LogP contribution in [-0.2, 0) is 4.79 Å². The summed E-state index contributed by atoms with van der Waals surface area (Å²) in [5, 5.41) is 12.1. The Hall–Kier alpha value is -1.95. The Bertz CT molecular complexity index is 601. The summed E-state index contributed by atoms with van der Waals surface area (Å²) in [5.41, 5.74) is -0.575. The van der Waals surface area contributed by atoms with Crippen LogP contribution in [0.25, 0.3) is 0 Å². The minimum Gasteiger partial charge on any atom is -0.493 e. The second kappa shape index (κ2) is 8.78. The summed E-state index contributed by atoms with van der Waals surface area (Å²) in [5.74, 6) is -0.464. The largest absolute Gasteiger partial charge is 0.493 e. The number of aliphatic carboxylic acids is 1. The number of nitrogens with one attached hydrogen (secondary N) is 1. The second-order valence-corrected chi connectivity index (χ2v) is 6.44. The molecule has 1 aromatic rings. The van der Waals surface area contributed by atoms with E-state index >= 15 is 0 Å². The van der Waals surface area contributed by atoms with Crippen molar-refractivity contribution in [3.8, 4) is 11.5 Å². The van der Waals surface area contributed by atoms with Crippen molar-refractivity contribution in [2.45, 2.75) is 33.6 Å². The van der Waals surface area contributed by atoms with Gasteiger partial charge in [0, 0.05) is 12.1 Å². The number of hydrogen-bond donors (Lipinski definition) is 2. The maximum atomic E-state index is 12.2. The summed E-state index contributed by atoms with van der Waals surface area (Å²) >= 11 is 6.18. The SMILES string of the molecule is CCCOc1c(Cl)cc(C(=O)NCCC(C)(C)C(=O)O)cc1OC. The zero-order valence-electron chi connectivity index (χ0n) is 14.4. The lowest BCUT2D eigenvalue weighted by Gasteiger charge is -2.19. The fourth-order valence-corrected chi connectivity index (χ4v) is 2.16. The Morgan fingerprint density at radius 3 is 2.54 bits per heavy atom. The van der Waals surface area contributed by atoms with Crippen LogP contribution in [0.4, 0.5) is 0 Å². The molecule has 1 aromatic carbocycles. The lowest BCUT2D eigenvalue weighted by Crippen LogP contribution is -2.32. The lowest BCUT2D eigenvalue weighted by molar-refractivity contribution is -0.147. The number of ether oxygens (including phenoxy) is 2. The van der Waals surface area contributed by atoms with Gasteiger partial charge in [-0.25, -0.2) is 0 Å². The van der Waals surface area contributed by atoms with E-state index in [0.717, 1.165) is 6.42 Å². The topological polar surface area (TPSA) is 84.9 Å². The third-order valence-corrected chi connectivity index (χ3v) is 3.84. The van der Waals surface area contributed by atoms with Crippen molar-refractivity contribution in [3.63, 3.8) is 0 Å². The predicted octanol–water partition coefficient (Wildman–Crippen LogP) is 3.37. The van der Waals surface area contributed by atoms with Gasteiger partial charge in [0.15, 0.2) is 11.5 Å². The quantitative estimate of drug-likeness (QED) is 0.707. The van der Waals surface area contributed by atoms with Crippen LogP contribution in [0.3, 0.4) is 0 Å². The number of carbonyl (C=O) groups is 2. The van der Waals surface area contributed by atoms with E-state index in [1.54, 1.807) is 19.9 Å². The van der Waals surface area contributed by atoms with Gasteiger partial charge in [0.2, 0.25) is 0 Å². The summed E-state index contributed by atoms with van der Waals surface area (Å²) in [4.78, 5) is 23.3. The second-order valence-electron chi connectivity index (χ2n) is 6.03. The van der Waals surface area contributed by atoms with Gasteiger partial charge in [-0.15, -0.1) is 0 Å². The van der Waals surface area contributed by atoms with Crippen molar-refractivity contribution in [1.29, 1.82) is 0 Å². The summed E-state index contributed by atoms with van der Waals surface area (Å²) in [7, 11) is 1.47. The van der Waals surface area contributed by atoms with Crippen LogP contribution in [0.2, 0.25) is 5.02 Å². The van der Waals surface area contributed by atoms with Crippen LogP contribution < -0.4 is 14.8 Å². The Balaban J connectivity index is 2.81. The van der Waals surface area contributed by atoms with E-state index in [1.165, 1.54) is 13.2 Å². The first-order valence-corrected chi connectivity index (χ1v) is 8.12. The first-order chi connectivity index (χ1) is 11.2. The van der Waals surface area contributed by atoms with Crippen molar-refractivity contribution in [1.82, 2.24) is 5.32 Å². The van der Waals surface area contributed by atoms with E-state index in [9.17, 15) is 9.59 Å². The highest BCUT2D eigenvalue weighted by molar-refractivity contribution is 6.32. The molecule has 0 aliphatic carbocycles. The van der Waals surface area contributed by atoms with E-state index < -0.39 is 11.4 Å². The maximum absolute atomic E-state index is 12.2. The number of methoxy groups -OCH3 is 1. The molecule has 0 saturated heterocycles.